The van der Waals surface area contributed by atoms with Crippen LogP contribution in [-0.4, -0.2) is 63.3 Å². The predicted molar refractivity (Wildman–Crippen MR) is 62.2 cm³/mol. The van der Waals surface area contributed by atoms with Crippen molar-refractivity contribution in [2.45, 2.75) is 25.7 Å². The lowest BCUT2D eigenvalue weighted by Gasteiger charge is -2.34. The molecule has 0 aromatic carbocycles. The van der Waals surface area contributed by atoms with Crippen LogP contribution in [0.25, 0.3) is 0 Å². The summed E-state index contributed by atoms with van der Waals surface area (Å²) in [5, 5.41) is 0. The molecule has 0 aliphatic carbocycles. The maximum absolute atomic E-state index is 2.38. The molecule has 1 aliphatic heterocycles. The van der Waals surface area contributed by atoms with Crippen LogP contribution in [0.15, 0.2) is 0 Å². The van der Waals surface area contributed by atoms with E-state index >= 15 is 0 Å². The van der Waals surface area contributed by atoms with Gasteiger partial charge in [0, 0.05) is 25.7 Å². The van der Waals surface area contributed by atoms with E-state index in [0.29, 0.717) is 0 Å². The van der Waals surface area contributed by atoms with Crippen molar-refractivity contribution in [2.75, 3.05) is 54.4 Å². The molecule has 0 atom stereocenters. The molecule has 0 amide bonds. The average molecular weight is 200 g/mol. The highest BCUT2D eigenvalue weighted by molar-refractivity contribution is 4.47. The maximum atomic E-state index is 2.38. The molecule has 0 aromatic rings. The van der Waals surface area contributed by atoms with E-state index in [1.54, 1.807) is 0 Å². The highest BCUT2D eigenvalue weighted by Crippen LogP contribution is 2.11. The van der Waals surface area contributed by atoms with Crippen molar-refractivity contribution >= 4 is 0 Å². The molecule has 1 saturated heterocycles. The van der Waals surface area contributed by atoms with Crippen LogP contribution < -0.4 is 0 Å². The Kier molecular flexibility index (Phi) is 3.96. The van der Waals surface area contributed by atoms with Gasteiger partial charge in [0.2, 0.25) is 0 Å². The van der Waals surface area contributed by atoms with Crippen molar-refractivity contribution in [3.8, 4) is 0 Å². The molecular formula is C12H28N2+2. The second-order valence-electron chi connectivity index (χ2n) is 6.18. The molecule has 0 spiro atoms. The third-order valence-electron chi connectivity index (χ3n) is 3.55. The largest absolute Gasteiger partial charge is 0.328 e. The summed E-state index contributed by atoms with van der Waals surface area (Å²) < 4.78 is 2.46. The molecule has 0 aromatic heterocycles. The van der Waals surface area contributed by atoms with E-state index < -0.39 is 0 Å². The molecule has 2 nitrogen and oxygen atoms in total. The van der Waals surface area contributed by atoms with Crippen LogP contribution in [0.4, 0.5) is 0 Å². The Morgan fingerprint density at radius 3 is 0.929 bits per heavy atom. The van der Waals surface area contributed by atoms with Gasteiger partial charge in [-0.05, 0) is 0 Å². The Balaban J connectivity index is 2.42. The monoisotopic (exact) mass is 200 g/mol. The van der Waals surface area contributed by atoms with E-state index in [4.69, 9.17) is 0 Å². The van der Waals surface area contributed by atoms with Gasteiger partial charge in [0.15, 0.2) is 0 Å². The minimum atomic E-state index is 1.23. The molecule has 1 heterocycles. The molecule has 14 heavy (non-hydrogen) atoms. The van der Waals surface area contributed by atoms with Gasteiger partial charge >= 0.3 is 0 Å². The number of nitrogens with zero attached hydrogens (tertiary/aromatic N) is 2. The zero-order chi connectivity index (χ0) is 10.7. The second kappa shape index (κ2) is 4.63. The summed E-state index contributed by atoms with van der Waals surface area (Å²) in [7, 11) is 9.51. The van der Waals surface area contributed by atoms with Crippen molar-refractivity contribution in [1.82, 2.24) is 0 Å². The fraction of sp³-hybridized carbons (Fsp3) is 1.00. The lowest BCUT2D eigenvalue weighted by atomic mass is 10.1. The van der Waals surface area contributed by atoms with Crippen LogP contribution >= 0.6 is 0 Å². The first-order chi connectivity index (χ1) is 6.41. The number of hydrogen-bond acceptors (Lipinski definition) is 0. The lowest BCUT2D eigenvalue weighted by molar-refractivity contribution is -0.903. The quantitative estimate of drug-likeness (QED) is 0.522. The van der Waals surface area contributed by atoms with Crippen LogP contribution in [-0.2, 0) is 0 Å². The fourth-order valence-corrected chi connectivity index (χ4v) is 2.38. The Morgan fingerprint density at radius 1 is 0.500 bits per heavy atom. The molecule has 1 rings (SSSR count). The minimum absolute atomic E-state index is 1.23. The van der Waals surface area contributed by atoms with Crippen molar-refractivity contribution < 1.29 is 8.97 Å². The van der Waals surface area contributed by atoms with Gasteiger partial charge in [-0.25, -0.2) is 0 Å². The zero-order valence-electron chi connectivity index (χ0n) is 10.6. The van der Waals surface area contributed by atoms with Gasteiger partial charge in [-0.3, -0.25) is 0 Å². The molecule has 0 radical (unpaired) electrons. The third kappa shape index (κ3) is 4.43. The first-order valence-corrected chi connectivity index (χ1v) is 6.05. The predicted octanol–water partition coefficient (Wildman–Crippen LogP) is 1.71. The standard InChI is InChI=1S/C12H28N2/c1-13(2)9-5-7-11-14(3,4)12-8-6-10-13/h5-12H2,1-4H3/q+2. The van der Waals surface area contributed by atoms with Crippen molar-refractivity contribution in [3.05, 3.63) is 0 Å². The Hall–Kier alpha value is -0.0800. The van der Waals surface area contributed by atoms with Gasteiger partial charge in [0.1, 0.15) is 0 Å². The van der Waals surface area contributed by atoms with E-state index in [2.05, 4.69) is 28.2 Å². The number of quaternary nitrogens is 2. The number of rotatable bonds is 0. The summed E-state index contributed by atoms with van der Waals surface area (Å²) >= 11 is 0. The number of hydrogen-bond donors (Lipinski definition) is 0. The van der Waals surface area contributed by atoms with Gasteiger partial charge in [0.25, 0.3) is 0 Å². The molecule has 2 heteroatoms. The average Bonchev–Trinajstić information content (AvgIpc) is 2.07. The van der Waals surface area contributed by atoms with E-state index in [1.165, 1.54) is 60.8 Å². The van der Waals surface area contributed by atoms with Gasteiger partial charge in [-0.2, -0.15) is 0 Å². The van der Waals surface area contributed by atoms with Crippen molar-refractivity contribution in [3.63, 3.8) is 0 Å². The molecule has 1 fully saturated rings. The van der Waals surface area contributed by atoms with Crippen LogP contribution in [0.3, 0.4) is 0 Å². The summed E-state index contributed by atoms with van der Waals surface area (Å²) in [6, 6.07) is 0. The van der Waals surface area contributed by atoms with Gasteiger partial charge in [0.05, 0.1) is 54.4 Å². The highest BCUT2D eigenvalue weighted by Gasteiger charge is 2.20. The Morgan fingerprint density at radius 2 is 0.714 bits per heavy atom. The molecule has 1 aliphatic rings. The highest BCUT2D eigenvalue weighted by atomic mass is 15.3. The smallest absolute Gasteiger partial charge is 0.0784 e. The Bertz CT molecular complexity index is 137. The minimum Gasteiger partial charge on any atom is -0.328 e. The van der Waals surface area contributed by atoms with Crippen LogP contribution in [0.5, 0.6) is 0 Å². The summed E-state index contributed by atoms with van der Waals surface area (Å²) in [6.07, 6.45) is 5.59. The summed E-state index contributed by atoms with van der Waals surface area (Å²) in [5.74, 6) is 0. The van der Waals surface area contributed by atoms with Crippen LogP contribution in [0.2, 0.25) is 0 Å². The van der Waals surface area contributed by atoms with E-state index in [9.17, 15) is 0 Å². The van der Waals surface area contributed by atoms with Crippen LogP contribution in [0, 0.1) is 0 Å². The van der Waals surface area contributed by atoms with E-state index in [-0.39, 0.29) is 0 Å². The zero-order valence-corrected chi connectivity index (χ0v) is 10.6. The van der Waals surface area contributed by atoms with Gasteiger partial charge in [-0.1, -0.05) is 0 Å². The molecule has 84 valence electrons. The van der Waals surface area contributed by atoms with Crippen molar-refractivity contribution in [1.29, 1.82) is 0 Å². The normalized spacial score (nSPS) is 28.3. The molecular weight excluding hydrogens is 172 g/mol. The summed E-state index contributed by atoms with van der Waals surface area (Å²) in [4.78, 5) is 0. The lowest BCUT2D eigenvalue weighted by Crippen LogP contribution is -2.45. The summed E-state index contributed by atoms with van der Waals surface area (Å²) in [6.45, 7) is 5.44. The van der Waals surface area contributed by atoms with Gasteiger partial charge < -0.3 is 8.97 Å². The SMILES string of the molecule is C[N+]1(C)CCCC[N+](C)(C)CCCC1. The van der Waals surface area contributed by atoms with E-state index in [1.807, 2.05) is 0 Å². The molecule has 0 unspecified atom stereocenters. The van der Waals surface area contributed by atoms with Crippen molar-refractivity contribution in [2.24, 2.45) is 0 Å². The second-order valence-corrected chi connectivity index (χ2v) is 6.18. The maximum Gasteiger partial charge on any atom is 0.0784 e. The third-order valence-corrected chi connectivity index (χ3v) is 3.55. The molecule has 0 saturated carbocycles. The first kappa shape index (κ1) is 12.0. The fourth-order valence-electron chi connectivity index (χ4n) is 2.38. The van der Waals surface area contributed by atoms with Gasteiger partial charge in [-0.15, -0.1) is 0 Å². The van der Waals surface area contributed by atoms with E-state index in [0.717, 1.165) is 0 Å². The summed E-state index contributed by atoms with van der Waals surface area (Å²) in [5.41, 5.74) is 0. The van der Waals surface area contributed by atoms with Crippen LogP contribution in [0.1, 0.15) is 25.7 Å². The molecule has 0 N–H and O–H groups in total. The topological polar surface area (TPSA) is 0 Å². The Labute approximate surface area is 89.7 Å². The first-order valence-electron chi connectivity index (χ1n) is 6.05. The molecule has 0 bridgehead atoms.